The van der Waals surface area contributed by atoms with Crippen LogP contribution >= 0.6 is 0 Å². The highest BCUT2D eigenvalue weighted by molar-refractivity contribution is 4.78. The number of allylic oxidation sites excluding steroid dienone is 1. The molecule has 0 aliphatic rings. The summed E-state index contributed by atoms with van der Waals surface area (Å²) < 4.78 is 5.00. The normalized spacial score (nSPS) is 8.29. The Kier molecular flexibility index (Phi) is 3.48. The van der Waals surface area contributed by atoms with E-state index >= 15 is 0 Å². The van der Waals surface area contributed by atoms with E-state index < -0.39 is 0 Å². The fraction of sp³-hybridized carbons (Fsp3) is 0.667. The predicted molar refractivity (Wildman–Crippen MR) is 31.1 cm³/mol. The highest BCUT2D eigenvalue weighted by atomic mass is 16.5. The molecule has 0 heterocycles. The summed E-state index contributed by atoms with van der Waals surface area (Å²) in [5, 5.41) is 0. The van der Waals surface area contributed by atoms with Gasteiger partial charge in [-0.05, 0) is 6.92 Å². The predicted octanol–water partition coefficient (Wildman–Crippen LogP) is 1.95. The van der Waals surface area contributed by atoms with Crippen LogP contribution in [0.3, 0.4) is 0 Å². The second-order valence-corrected chi connectivity index (χ2v) is 1.33. The van der Waals surface area contributed by atoms with E-state index in [1.54, 1.807) is 0 Å². The summed E-state index contributed by atoms with van der Waals surface area (Å²) >= 11 is 0. The average Bonchev–Trinajstić information content (AvgIpc) is 1.68. The summed E-state index contributed by atoms with van der Waals surface area (Å²) in [5.74, 6) is 0.877. The van der Waals surface area contributed by atoms with Crippen molar-refractivity contribution in [2.24, 2.45) is 0 Å². The lowest BCUT2D eigenvalue weighted by Gasteiger charge is -2.00. The van der Waals surface area contributed by atoms with Gasteiger partial charge in [0.15, 0.2) is 0 Å². The van der Waals surface area contributed by atoms with E-state index in [2.05, 4.69) is 6.58 Å². The van der Waals surface area contributed by atoms with Crippen molar-refractivity contribution in [2.45, 2.75) is 20.3 Å². The van der Waals surface area contributed by atoms with Gasteiger partial charge in [-0.25, -0.2) is 0 Å². The molecule has 0 spiro atoms. The first-order valence-electron chi connectivity index (χ1n) is 2.61. The maximum absolute atomic E-state index is 5.00. The standard InChI is InChI=1S/C6H12O/c1-4-6(3)7-5-2/h3-5H2,1-2H3. The molecule has 0 aliphatic carbocycles. The zero-order valence-electron chi connectivity index (χ0n) is 5.03. The average molecular weight is 100 g/mol. The molecule has 0 amide bonds. The molecule has 1 nitrogen and oxygen atoms in total. The van der Waals surface area contributed by atoms with Gasteiger partial charge >= 0.3 is 0 Å². The largest absolute Gasteiger partial charge is 0.499 e. The van der Waals surface area contributed by atoms with Crippen molar-refractivity contribution in [3.8, 4) is 0 Å². The Hall–Kier alpha value is -0.460. The maximum atomic E-state index is 5.00. The van der Waals surface area contributed by atoms with E-state index in [0.717, 1.165) is 18.8 Å². The van der Waals surface area contributed by atoms with Crippen LogP contribution in [0.15, 0.2) is 12.3 Å². The molecule has 0 bridgehead atoms. The lowest BCUT2D eigenvalue weighted by molar-refractivity contribution is 0.223. The molecule has 0 aromatic rings. The molecule has 0 aromatic heterocycles. The molecule has 0 aromatic carbocycles. The molecule has 0 rings (SSSR count). The first-order chi connectivity index (χ1) is 3.31. The smallest absolute Gasteiger partial charge is 0.0885 e. The van der Waals surface area contributed by atoms with E-state index in [4.69, 9.17) is 4.74 Å². The second kappa shape index (κ2) is 3.72. The van der Waals surface area contributed by atoms with Crippen molar-refractivity contribution in [1.29, 1.82) is 0 Å². The molecule has 0 saturated carbocycles. The lowest BCUT2D eigenvalue weighted by atomic mass is 10.4. The van der Waals surface area contributed by atoms with E-state index in [0.29, 0.717) is 0 Å². The van der Waals surface area contributed by atoms with Crippen molar-refractivity contribution in [3.05, 3.63) is 12.3 Å². The topological polar surface area (TPSA) is 9.23 Å². The molecule has 1 heteroatoms. The van der Waals surface area contributed by atoms with Gasteiger partial charge in [0, 0.05) is 6.42 Å². The molecule has 42 valence electrons. The van der Waals surface area contributed by atoms with Crippen LogP contribution in [-0.4, -0.2) is 6.61 Å². The molecular formula is C6H12O. The summed E-state index contributed by atoms with van der Waals surface area (Å²) in [6.07, 6.45) is 0.924. The first-order valence-corrected chi connectivity index (χ1v) is 2.61. The minimum atomic E-state index is 0.743. The maximum Gasteiger partial charge on any atom is 0.0885 e. The zero-order valence-corrected chi connectivity index (χ0v) is 5.03. The fourth-order valence-corrected chi connectivity index (χ4v) is 0.306. The molecular weight excluding hydrogens is 88.1 g/mol. The Balaban J connectivity index is 3.00. The fourth-order valence-electron chi connectivity index (χ4n) is 0.306. The highest BCUT2D eigenvalue weighted by Gasteiger charge is 1.82. The molecule has 0 fully saturated rings. The lowest BCUT2D eigenvalue weighted by Crippen LogP contribution is -1.85. The van der Waals surface area contributed by atoms with Gasteiger partial charge in [-0.1, -0.05) is 13.5 Å². The van der Waals surface area contributed by atoms with Gasteiger partial charge in [-0.2, -0.15) is 0 Å². The molecule has 0 saturated heterocycles. The minimum Gasteiger partial charge on any atom is -0.499 e. The van der Waals surface area contributed by atoms with Gasteiger partial charge in [0.1, 0.15) is 0 Å². The van der Waals surface area contributed by atoms with Gasteiger partial charge in [0.05, 0.1) is 12.4 Å². The van der Waals surface area contributed by atoms with Gasteiger partial charge in [0.2, 0.25) is 0 Å². The Morgan fingerprint density at radius 2 is 2.14 bits per heavy atom. The molecule has 7 heavy (non-hydrogen) atoms. The van der Waals surface area contributed by atoms with Crippen molar-refractivity contribution < 1.29 is 4.74 Å². The van der Waals surface area contributed by atoms with Crippen LogP contribution in [0.1, 0.15) is 20.3 Å². The van der Waals surface area contributed by atoms with Crippen molar-refractivity contribution in [3.63, 3.8) is 0 Å². The first kappa shape index (κ1) is 6.54. The number of hydrogen-bond donors (Lipinski definition) is 0. The van der Waals surface area contributed by atoms with Crippen molar-refractivity contribution >= 4 is 0 Å². The second-order valence-electron chi connectivity index (χ2n) is 1.33. The van der Waals surface area contributed by atoms with Crippen LogP contribution < -0.4 is 0 Å². The number of ether oxygens (including phenoxy) is 1. The molecule has 0 unspecified atom stereocenters. The van der Waals surface area contributed by atoms with Gasteiger partial charge in [-0.15, -0.1) is 0 Å². The Morgan fingerprint density at radius 3 is 2.29 bits per heavy atom. The van der Waals surface area contributed by atoms with Crippen LogP contribution in [0.25, 0.3) is 0 Å². The zero-order chi connectivity index (χ0) is 5.70. The Bertz CT molecular complexity index is 57.2. The van der Waals surface area contributed by atoms with Crippen molar-refractivity contribution in [2.75, 3.05) is 6.61 Å². The van der Waals surface area contributed by atoms with E-state index in [9.17, 15) is 0 Å². The minimum absolute atomic E-state index is 0.743. The van der Waals surface area contributed by atoms with E-state index in [1.165, 1.54) is 0 Å². The van der Waals surface area contributed by atoms with Crippen LogP contribution in [0, 0.1) is 0 Å². The number of rotatable bonds is 3. The SMILES string of the molecule is C=C(CC)OCC. The van der Waals surface area contributed by atoms with Gasteiger partial charge in [0.25, 0.3) is 0 Å². The van der Waals surface area contributed by atoms with E-state index in [-0.39, 0.29) is 0 Å². The molecule has 0 atom stereocenters. The summed E-state index contributed by atoms with van der Waals surface area (Å²) in [4.78, 5) is 0. The highest BCUT2D eigenvalue weighted by Crippen LogP contribution is 1.95. The Morgan fingerprint density at radius 1 is 1.57 bits per heavy atom. The molecule has 0 N–H and O–H groups in total. The molecule has 0 radical (unpaired) electrons. The van der Waals surface area contributed by atoms with Crippen LogP contribution in [0.4, 0.5) is 0 Å². The summed E-state index contributed by atoms with van der Waals surface area (Å²) in [5.41, 5.74) is 0. The monoisotopic (exact) mass is 100 g/mol. The third-order valence-electron chi connectivity index (χ3n) is 0.743. The summed E-state index contributed by atoms with van der Waals surface area (Å²) in [7, 11) is 0. The van der Waals surface area contributed by atoms with E-state index in [1.807, 2.05) is 13.8 Å². The van der Waals surface area contributed by atoms with Gasteiger partial charge in [-0.3, -0.25) is 0 Å². The van der Waals surface area contributed by atoms with Crippen LogP contribution in [0.2, 0.25) is 0 Å². The summed E-state index contributed by atoms with van der Waals surface area (Å²) in [6, 6.07) is 0. The number of hydrogen-bond acceptors (Lipinski definition) is 1. The summed E-state index contributed by atoms with van der Waals surface area (Å²) in [6.45, 7) is 8.37. The third-order valence-corrected chi connectivity index (χ3v) is 0.743. The van der Waals surface area contributed by atoms with Gasteiger partial charge < -0.3 is 4.74 Å². The van der Waals surface area contributed by atoms with Crippen LogP contribution in [-0.2, 0) is 4.74 Å². The van der Waals surface area contributed by atoms with Crippen LogP contribution in [0.5, 0.6) is 0 Å². The molecule has 0 aliphatic heterocycles. The third kappa shape index (κ3) is 3.37. The Labute approximate surface area is 45.0 Å². The quantitative estimate of drug-likeness (QED) is 0.492. The van der Waals surface area contributed by atoms with Crippen molar-refractivity contribution in [1.82, 2.24) is 0 Å².